The van der Waals surface area contributed by atoms with Crippen molar-refractivity contribution < 1.29 is 23.1 Å². The van der Waals surface area contributed by atoms with Crippen molar-refractivity contribution in [3.63, 3.8) is 0 Å². The quantitative estimate of drug-likeness (QED) is 0.560. The molecule has 0 aliphatic carbocycles. The van der Waals surface area contributed by atoms with Crippen molar-refractivity contribution in [2.45, 2.75) is 6.29 Å². The van der Waals surface area contributed by atoms with Crippen LogP contribution in [0.15, 0.2) is 0 Å². The predicted molar refractivity (Wildman–Crippen MR) is 49.1 cm³/mol. The van der Waals surface area contributed by atoms with Gasteiger partial charge in [0.1, 0.15) is 13.2 Å². The van der Waals surface area contributed by atoms with Crippen molar-refractivity contribution in [2.75, 3.05) is 32.2 Å². The van der Waals surface area contributed by atoms with Crippen molar-refractivity contribution in [2.24, 2.45) is 0 Å². The minimum atomic E-state index is -2.11. The maximum atomic E-state index is 11.0. The van der Waals surface area contributed by atoms with E-state index in [1.165, 1.54) is 0 Å². The third kappa shape index (κ3) is 4.90. The lowest BCUT2D eigenvalue weighted by atomic mass is 10.6. The molecule has 0 N–H and O–H groups in total. The van der Waals surface area contributed by atoms with Crippen LogP contribution in [0.1, 0.15) is 0 Å². The van der Waals surface area contributed by atoms with Gasteiger partial charge in [0, 0.05) is 10.3 Å². The number of thiol groups is 1. The SMILES string of the molecule is O=[P+](OCCS)OC1COCCO1. The molecule has 0 radical (unpaired) electrons. The third-order valence-corrected chi connectivity index (χ3v) is 2.26. The van der Waals surface area contributed by atoms with E-state index >= 15 is 0 Å². The molecule has 1 saturated heterocycles. The first kappa shape index (κ1) is 11.4. The van der Waals surface area contributed by atoms with Gasteiger partial charge in [0.25, 0.3) is 0 Å². The van der Waals surface area contributed by atoms with E-state index in [1.807, 2.05) is 0 Å². The maximum Gasteiger partial charge on any atom is 0.700 e. The second kappa shape index (κ2) is 6.70. The average Bonchev–Trinajstić information content (AvgIpc) is 2.16. The van der Waals surface area contributed by atoms with Gasteiger partial charge in [0.15, 0.2) is 0 Å². The minimum absolute atomic E-state index is 0.297. The zero-order valence-electron chi connectivity index (χ0n) is 7.05. The minimum Gasteiger partial charge on any atom is -0.374 e. The number of hydrogen-bond donors (Lipinski definition) is 1. The van der Waals surface area contributed by atoms with Gasteiger partial charge in [0.2, 0.25) is 6.29 Å². The summed E-state index contributed by atoms with van der Waals surface area (Å²) >= 11 is 3.90. The van der Waals surface area contributed by atoms with Crippen molar-refractivity contribution in [1.29, 1.82) is 0 Å². The van der Waals surface area contributed by atoms with Gasteiger partial charge in [0.05, 0.1) is 13.2 Å². The van der Waals surface area contributed by atoms with E-state index in [9.17, 15) is 4.57 Å². The molecule has 0 bridgehead atoms. The molecule has 5 nitrogen and oxygen atoms in total. The molecule has 2 unspecified atom stereocenters. The molecule has 7 heteroatoms. The fraction of sp³-hybridized carbons (Fsp3) is 1.00. The van der Waals surface area contributed by atoms with E-state index in [0.717, 1.165) is 0 Å². The molecule has 0 aromatic rings. The summed E-state index contributed by atoms with van der Waals surface area (Å²) in [7, 11) is -2.11. The molecule has 0 aromatic carbocycles. The molecular weight excluding hydrogens is 215 g/mol. The molecule has 0 aromatic heterocycles. The normalized spacial score (nSPS) is 24.4. The summed E-state index contributed by atoms with van der Waals surface area (Å²) in [5.74, 6) is 0.506. The molecule has 0 amide bonds. The summed E-state index contributed by atoms with van der Waals surface area (Å²) in [6.07, 6.45) is -0.572. The molecule has 1 fully saturated rings. The van der Waals surface area contributed by atoms with Gasteiger partial charge in [-0.1, -0.05) is 4.52 Å². The van der Waals surface area contributed by atoms with Crippen molar-refractivity contribution in [3.05, 3.63) is 0 Å². The number of ether oxygens (including phenoxy) is 2. The second-order valence-corrected chi connectivity index (χ2v) is 3.62. The van der Waals surface area contributed by atoms with Crippen LogP contribution in [-0.2, 0) is 23.1 Å². The molecule has 76 valence electrons. The fourth-order valence-corrected chi connectivity index (χ4v) is 1.62. The van der Waals surface area contributed by atoms with Crippen LogP contribution in [0.4, 0.5) is 0 Å². The van der Waals surface area contributed by atoms with Crippen molar-refractivity contribution >= 4 is 20.9 Å². The summed E-state index contributed by atoms with van der Waals surface area (Å²) in [5.41, 5.74) is 0. The Bertz CT molecular complexity index is 161. The van der Waals surface area contributed by atoms with E-state index in [4.69, 9.17) is 18.5 Å². The van der Waals surface area contributed by atoms with Crippen LogP contribution in [0.25, 0.3) is 0 Å². The van der Waals surface area contributed by atoms with Gasteiger partial charge in [-0.2, -0.15) is 12.6 Å². The van der Waals surface area contributed by atoms with Crippen molar-refractivity contribution in [1.82, 2.24) is 0 Å². The zero-order chi connectivity index (χ0) is 9.52. The standard InChI is InChI=1S/C6H11O5PS/c7-12(10-3-4-13)11-6-5-8-1-2-9-6/h6H,1-5H2/p+1. The maximum absolute atomic E-state index is 11.0. The van der Waals surface area contributed by atoms with E-state index in [0.29, 0.717) is 32.2 Å². The number of hydrogen-bond acceptors (Lipinski definition) is 6. The van der Waals surface area contributed by atoms with E-state index < -0.39 is 14.5 Å². The van der Waals surface area contributed by atoms with Gasteiger partial charge >= 0.3 is 8.25 Å². The summed E-state index contributed by atoms with van der Waals surface area (Å²) in [4.78, 5) is 0. The fourth-order valence-electron chi connectivity index (χ4n) is 0.769. The highest BCUT2D eigenvalue weighted by Gasteiger charge is 2.29. The summed E-state index contributed by atoms with van der Waals surface area (Å²) in [5, 5.41) is 0. The summed E-state index contributed by atoms with van der Waals surface area (Å²) < 4.78 is 30.8. The highest BCUT2D eigenvalue weighted by Crippen LogP contribution is 2.27. The third-order valence-electron chi connectivity index (χ3n) is 1.28. The molecule has 1 aliphatic heterocycles. The summed E-state index contributed by atoms with van der Waals surface area (Å²) in [6, 6.07) is 0. The second-order valence-electron chi connectivity index (χ2n) is 2.26. The summed E-state index contributed by atoms with van der Waals surface area (Å²) in [6.45, 7) is 1.60. The lowest BCUT2D eigenvalue weighted by Crippen LogP contribution is -2.29. The zero-order valence-corrected chi connectivity index (χ0v) is 8.84. The smallest absolute Gasteiger partial charge is 0.374 e. The van der Waals surface area contributed by atoms with Crippen molar-refractivity contribution in [3.8, 4) is 0 Å². The van der Waals surface area contributed by atoms with E-state index in [-0.39, 0.29) is 0 Å². The molecule has 2 atom stereocenters. The highest BCUT2D eigenvalue weighted by atomic mass is 32.1. The Kier molecular flexibility index (Phi) is 5.86. The van der Waals surface area contributed by atoms with Crippen LogP contribution < -0.4 is 0 Å². The van der Waals surface area contributed by atoms with Crippen LogP contribution in [0.3, 0.4) is 0 Å². The lowest BCUT2D eigenvalue weighted by molar-refractivity contribution is -0.172. The van der Waals surface area contributed by atoms with Gasteiger partial charge in [-0.3, -0.25) is 0 Å². The first-order valence-electron chi connectivity index (χ1n) is 3.90. The molecular formula is C6H12O5PS+. The Morgan fingerprint density at radius 3 is 3.00 bits per heavy atom. The highest BCUT2D eigenvalue weighted by molar-refractivity contribution is 7.80. The molecule has 0 saturated carbocycles. The van der Waals surface area contributed by atoms with Gasteiger partial charge in [-0.25, -0.2) is 0 Å². The molecule has 1 aliphatic rings. The van der Waals surface area contributed by atoms with E-state index in [1.54, 1.807) is 0 Å². The Morgan fingerprint density at radius 1 is 1.54 bits per heavy atom. The average molecular weight is 227 g/mol. The largest absolute Gasteiger partial charge is 0.700 e. The molecule has 1 heterocycles. The molecule has 13 heavy (non-hydrogen) atoms. The van der Waals surface area contributed by atoms with Gasteiger partial charge in [-0.05, 0) is 0 Å². The van der Waals surface area contributed by atoms with Crippen LogP contribution >= 0.6 is 20.9 Å². The Labute approximate surface area is 83.0 Å². The van der Waals surface area contributed by atoms with Crippen LogP contribution in [0, 0.1) is 0 Å². The van der Waals surface area contributed by atoms with Gasteiger partial charge in [-0.15, -0.1) is 4.52 Å². The Morgan fingerprint density at radius 2 is 2.38 bits per heavy atom. The van der Waals surface area contributed by atoms with E-state index in [2.05, 4.69) is 12.6 Å². The predicted octanol–water partition coefficient (Wildman–Crippen LogP) is 0.980. The topological polar surface area (TPSA) is 54.0 Å². The molecule has 0 spiro atoms. The number of rotatable bonds is 5. The lowest BCUT2D eigenvalue weighted by Gasteiger charge is -2.17. The Hall–Kier alpha value is 0.290. The van der Waals surface area contributed by atoms with Gasteiger partial charge < -0.3 is 9.47 Å². The first-order valence-corrected chi connectivity index (χ1v) is 5.63. The Balaban J connectivity index is 2.11. The van der Waals surface area contributed by atoms with Crippen LogP contribution in [0.2, 0.25) is 0 Å². The van der Waals surface area contributed by atoms with Crippen LogP contribution in [0.5, 0.6) is 0 Å². The monoisotopic (exact) mass is 227 g/mol. The molecule has 1 rings (SSSR count). The van der Waals surface area contributed by atoms with Crippen LogP contribution in [-0.4, -0.2) is 38.5 Å². The first-order chi connectivity index (χ1) is 6.33.